The number of nitrogens with two attached hydrogens (primary N) is 1. The summed E-state index contributed by atoms with van der Waals surface area (Å²) in [4.78, 5) is 29.4. The first kappa shape index (κ1) is 22.7. The second kappa shape index (κ2) is 8.52. The van der Waals surface area contributed by atoms with Gasteiger partial charge in [-0.3, -0.25) is 14.6 Å². The summed E-state index contributed by atoms with van der Waals surface area (Å²) in [5.74, 6) is -0.00136. The third-order valence-corrected chi connectivity index (χ3v) is 8.26. The standard InChI is InChI=1S/C31H27N5O2/c1-17-29-22(20-13-18-5-2-3-7-25(18)33-16-20)6-4-8-28(29)36(35-17)21-10-12-24(31(32)38)27(15-21)34-26-14-19-9-11-23(26)30(19)37/h2-8,10,12-13,15-16,19,23,26,34H,9,11,14H2,1H3,(H2,32,38). The minimum Gasteiger partial charge on any atom is -0.381 e. The van der Waals surface area contributed by atoms with E-state index in [1.54, 1.807) is 6.07 Å². The van der Waals surface area contributed by atoms with E-state index in [1.807, 2.05) is 54.2 Å². The SMILES string of the molecule is Cc1nn(-c2ccc(C(N)=O)c(NC3CC4CCC3C4=O)c2)c2cccc(-c3cnc4ccccc4c3)c12. The van der Waals surface area contributed by atoms with Crippen LogP contribution in [-0.2, 0) is 4.79 Å². The fraction of sp³-hybridized carbons (Fsp3) is 0.226. The molecular formula is C31H27N5O2. The fourth-order valence-electron chi connectivity index (χ4n) is 6.44. The number of aromatic nitrogens is 3. The van der Waals surface area contributed by atoms with E-state index in [2.05, 4.69) is 34.6 Å². The van der Waals surface area contributed by atoms with Crippen LogP contribution < -0.4 is 11.1 Å². The number of fused-ring (bicyclic) bond motifs is 4. The Kier molecular flexibility index (Phi) is 5.08. The van der Waals surface area contributed by atoms with Gasteiger partial charge in [0.2, 0.25) is 0 Å². The number of nitrogens with zero attached hydrogens (tertiary/aromatic N) is 3. The van der Waals surface area contributed by atoms with Crippen molar-refractivity contribution >= 4 is 39.2 Å². The molecule has 7 nitrogen and oxygen atoms in total. The minimum absolute atomic E-state index is 0.00952. The van der Waals surface area contributed by atoms with Crippen LogP contribution in [0.25, 0.3) is 38.6 Å². The Morgan fingerprint density at radius 3 is 2.71 bits per heavy atom. The number of Topliss-reactive ketones (excluding diaryl/α,β-unsaturated/α-hetero) is 1. The summed E-state index contributed by atoms with van der Waals surface area (Å²) in [6.45, 7) is 2.01. The molecule has 3 unspecified atom stereocenters. The van der Waals surface area contributed by atoms with E-state index in [1.165, 1.54) is 0 Å². The van der Waals surface area contributed by atoms with Crippen molar-refractivity contribution in [1.29, 1.82) is 0 Å². The number of carbonyl (C=O) groups excluding carboxylic acids is 2. The lowest BCUT2D eigenvalue weighted by Gasteiger charge is -2.24. The molecule has 3 N–H and O–H groups in total. The van der Waals surface area contributed by atoms with E-state index in [-0.39, 0.29) is 17.9 Å². The molecule has 188 valence electrons. The van der Waals surface area contributed by atoms with Crippen LogP contribution in [0.15, 0.2) is 72.9 Å². The van der Waals surface area contributed by atoms with Gasteiger partial charge in [-0.2, -0.15) is 5.10 Å². The minimum atomic E-state index is -0.499. The normalized spacial score (nSPS) is 20.4. The van der Waals surface area contributed by atoms with Crippen molar-refractivity contribution in [3.05, 3.63) is 84.2 Å². The topological polar surface area (TPSA) is 103 Å². The highest BCUT2D eigenvalue weighted by Gasteiger charge is 2.47. The van der Waals surface area contributed by atoms with Crippen molar-refractivity contribution in [1.82, 2.24) is 14.8 Å². The predicted octanol–water partition coefficient (Wildman–Crippen LogP) is 5.43. The van der Waals surface area contributed by atoms with Crippen LogP contribution in [0.1, 0.15) is 35.3 Å². The predicted molar refractivity (Wildman–Crippen MR) is 148 cm³/mol. The zero-order valence-electron chi connectivity index (χ0n) is 21.0. The Labute approximate surface area is 219 Å². The van der Waals surface area contributed by atoms with Crippen LogP contribution in [0.4, 0.5) is 5.69 Å². The number of hydrogen-bond donors (Lipinski definition) is 2. The Bertz CT molecular complexity index is 1770. The largest absolute Gasteiger partial charge is 0.381 e. The number of hydrogen-bond acceptors (Lipinski definition) is 5. The second-order valence-corrected chi connectivity index (χ2v) is 10.5. The molecule has 38 heavy (non-hydrogen) atoms. The van der Waals surface area contributed by atoms with E-state index in [9.17, 15) is 9.59 Å². The fourth-order valence-corrected chi connectivity index (χ4v) is 6.44. The van der Waals surface area contributed by atoms with Crippen LogP contribution in [0.2, 0.25) is 0 Å². The van der Waals surface area contributed by atoms with Gasteiger partial charge in [0.05, 0.1) is 28.0 Å². The van der Waals surface area contributed by atoms with E-state index >= 15 is 0 Å². The smallest absolute Gasteiger partial charge is 0.250 e. The number of rotatable bonds is 5. The average molecular weight is 502 g/mol. The van der Waals surface area contributed by atoms with Gasteiger partial charge >= 0.3 is 0 Å². The van der Waals surface area contributed by atoms with Crippen molar-refractivity contribution in [2.24, 2.45) is 17.6 Å². The van der Waals surface area contributed by atoms with Gasteiger partial charge in [0, 0.05) is 46.1 Å². The third-order valence-electron chi connectivity index (χ3n) is 8.26. The number of nitrogens with one attached hydrogen (secondary N) is 1. The first-order valence-corrected chi connectivity index (χ1v) is 13.1. The van der Waals surface area contributed by atoms with Gasteiger partial charge in [-0.25, -0.2) is 4.68 Å². The van der Waals surface area contributed by atoms with Crippen LogP contribution in [-0.4, -0.2) is 32.5 Å². The first-order valence-electron chi connectivity index (χ1n) is 13.1. The van der Waals surface area contributed by atoms with Crippen molar-refractivity contribution in [2.45, 2.75) is 32.2 Å². The summed E-state index contributed by atoms with van der Waals surface area (Å²) in [7, 11) is 0. The van der Waals surface area contributed by atoms with Gasteiger partial charge in [0.15, 0.2) is 0 Å². The molecule has 1 amide bonds. The Morgan fingerprint density at radius 2 is 1.92 bits per heavy atom. The molecule has 0 saturated heterocycles. The summed E-state index contributed by atoms with van der Waals surface area (Å²) in [6.07, 6.45) is 4.59. The lowest BCUT2D eigenvalue weighted by atomic mass is 9.94. The summed E-state index contributed by atoms with van der Waals surface area (Å²) in [6, 6.07) is 22.0. The third kappa shape index (κ3) is 3.49. The molecule has 3 atom stereocenters. The molecule has 5 aromatic rings. The first-order chi connectivity index (χ1) is 18.5. The summed E-state index contributed by atoms with van der Waals surface area (Å²) in [5.41, 5.74) is 12.5. The van der Waals surface area contributed by atoms with Gasteiger partial charge in [0.1, 0.15) is 5.78 Å². The van der Waals surface area contributed by atoms with Crippen LogP contribution >= 0.6 is 0 Å². The number of ketones is 1. The number of primary amides is 1. The molecule has 3 aromatic carbocycles. The lowest BCUT2D eigenvalue weighted by molar-refractivity contribution is -0.121. The van der Waals surface area contributed by atoms with Gasteiger partial charge in [-0.1, -0.05) is 30.3 Å². The van der Waals surface area contributed by atoms with Crippen LogP contribution in [0.3, 0.4) is 0 Å². The van der Waals surface area contributed by atoms with E-state index in [0.29, 0.717) is 17.0 Å². The van der Waals surface area contributed by atoms with E-state index in [0.717, 1.165) is 63.6 Å². The molecule has 0 radical (unpaired) electrons. The van der Waals surface area contributed by atoms with Gasteiger partial charge in [-0.15, -0.1) is 0 Å². The monoisotopic (exact) mass is 501 g/mol. The molecule has 2 saturated carbocycles. The number of amides is 1. The zero-order valence-corrected chi connectivity index (χ0v) is 21.0. The molecule has 0 aliphatic heterocycles. The number of aryl methyl sites for hydroxylation is 1. The van der Waals surface area contributed by atoms with Crippen LogP contribution in [0, 0.1) is 18.8 Å². The highest BCUT2D eigenvalue weighted by molar-refractivity contribution is 6.01. The van der Waals surface area contributed by atoms with Gasteiger partial charge < -0.3 is 11.1 Å². The number of para-hydroxylation sites is 1. The molecule has 7 heteroatoms. The summed E-state index contributed by atoms with van der Waals surface area (Å²) >= 11 is 0. The highest BCUT2D eigenvalue weighted by Crippen LogP contribution is 2.43. The summed E-state index contributed by atoms with van der Waals surface area (Å²) in [5, 5.41) is 10.5. The molecule has 0 spiro atoms. The maximum absolute atomic E-state index is 12.5. The molecule has 2 aliphatic rings. The van der Waals surface area contributed by atoms with Gasteiger partial charge in [0.25, 0.3) is 5.91 Å². The summed E-state index contributed by atoms with van der Waals surface area (Å²) < 4.78 is 1.91. The quantitative estimate of drug-likeness (QED) is 0.334. The van der Waals surface area contributed by atoms with Crippen molar-refractivity contribution in [3.8, 4) is 16.8 Å². The molecule has 2 heterocycles. The molecule has 2 fully saturated rings. The number of anilines is 1. The van der Waals surface area contributed by atoms with Crippen LogP contribution in [0.5, 0.6) is 0 Å². The Hall–Kier alpha value is -4.52. The Morgan fingerprint density at radius 1 is 1.05 bits per heavy atom. The maximum atomic E-state index is 12.5. The molecule has 2 aromatic heterocycles. The number of benzene rings is 3. The molecular weight excluding hydrogens is 474 g/mol. The second-order valence-electron chi connectivity index (χ2n) is 10.5. The lowest BCUT2D eigenvalue weighted by Crippen LogP contribution is -2.28. The number of carbonyl (C=O) groups is 2. The molecule has 7 rings (SSSR count). The maximum Gasteiger partial charge on any atom is 0.250 e. The molecule has 2 aliphatic carbocycles. The Balaban J connectivity index is 1.32. The van der Waals surface area contributed by atoms with Gasteiger partial charge in [-0.05, 0) is 68.1 Å². The number of pyridine rings is 1. The van der Waals surface area contributed by atoms with E-state index < -0.39 is 5.91 Å². The van der Waals surface area contributed by atoms with Crippen molar-refractivity contribution in [3.63, 3.8) is 0 Å². The van der Waals surface area contributed by atoms with E-state index in [4.69, 9.17) is 10.8 Å². The van der Waals surface area contributed by atoms with Crippen molar-refractivity contribution in [2.75, 3.05) is 5.32 Å². The van der Waals surface area contributed by atoms with Crippen molar-refractivity contribution < 1.29 is 9.59 Å². The average Bonchev–Trinajstić information content (AvgIpc) is 3.57. The molecule has 2 bridgehead atoms. The highest BCUT2D eigenvalue weighted by atomic mass is 16.1. The zero-order chi connectivity index (χ0) is 26.0.